The van der Waals surface area contributed by atoms with E-state index in [1.807, 2.05) is 12.2 Å². The molecule has 1 aromatic carbocycles. The molecule has 1 N–H and O–H groups in total. The number of halogens is 1. The second-order valence-electron chi connectivity index (χ2n) is 7.04. The third kappa shape index (κ3) is 4.44. The van der Waals surface area contributed by atoms with Crippen molar-refractivity contribution in [3.05, 3.63) is 47.8 Å². The molecule has 1 aliphatic heterocycles. The number of anilines is 1. The van der Waals surface area contributed by atoms with Crippen molar-refractivity contribution >= 4 is 46.0 Å². The normalized spacial score (nSPS) is 20.5. The van der Waals surface area contributed by atoms with Gasteiger partial charge in [0.25, 0.3) is 0 Å². The predicted molar refractivity (Wildman–Crippen MR) is 111 cm³/mol. The van der Waals surface area contributed by atoms with Gasteiger partial charge in [-0.05, 0) is 24.5 Å². The number of fused-ring (bicyclic) bond motifs is 1. The number of carbonyl (C=O) groups excluding carboxylic acids is 3. The van der Waals surface area contributed by atoms with Gasteiger partial charge in [0.15, 0.2) is 4.34 Å². The monoisotopic (exact) mass is 446 g/mol. The zero-order valence-corrected chi connectivity index (χ0v) is 17.5. The summed E-state index contributed by atoms with van der Waals surface area (Å²) < 4.78 is 14.3. The molecule has 1 saturated heterocycles. The van der Waals surface area contributed by atoms with Crippen molar-refractivity contribution in [1.82, 2.24) is 15.1 Å². The second kappa shape index (κ2) is 9.05. The summed E-state index contributed by atoms with van der Waals surface area (Å²) in [6, 6.07) is 6.52. The molecule has 30 heavy (non-hydrogen) atoms. The van der Waals surface area contributed by atoms with E-state index in [4.69, 9.17) is 0 Å². The van der Waals surface area contributed by atoms with Crippen molar-refractivity contribution in [2.24, 2.45) is 11.8 Å². The van der Waals surface area contributed by atoms with Crippen LogP contribution in [-0.2, 0) is 20.1 Å². The van der Waals surface area contributed by atoms with Crippen LogP contribution in [0.5, 0.6) is 0 Å². The topological polar surface area (TPSA) is 92.3 Å². The molecule has 1 aromatic heterocycles. The van der Waals surface area contributed by atoms with Gasteiger partial charge in [0, 0.05) is 18.7 Å². The molecule has 0 bridgehead atoms. The summed E-state index contributed by atoms with van der Waals surface area (Å²) in [5.41, 5.74) is 0.569. The summed E-state index contributed by atoms with van der Waals surface area (Å²) in [7, 11) is 0. The molecule has 7 nitrogen and oxygen atoms in total. The van der Waals surface area contributed by atoms with Crippen LogP contribution in [0.25, 0.3) is 0 Å². The fourth-order valence-corrected chi connectivity index (χ4v) is 5.31. The van der Waals surface area contributed by atoms with Gasteiger partial charge >= 0.3 is 0 Å². The van der Waals surface area contributed by atoms with Gasteiger partial charge in [-0.15, -0.1) is 10.2 Å². The second-order valence-corrected chi connectivity index (χ2v) is 9.24. The van der Waals surface area contributed by atoms with Crippen LogP contribution in [0.15, 0.2) is 40.8 Å². The van der Waals surface area contributed by atoms with E-state index in [-0.39, 0.29) is 48.3 Å². The van der Waals surface area contributed by atoms with Gasteiger partial charge in [0.2, 0.25) is 22.9 Å². The van der Waals surface area contributed by atoms with Crippen molar-refractivity contribution in [3.8, 4) is 0 Å². The van der Waals surface area contributed by atoms with Gasteiger partial charge in [-0.25, -0.2) is 4.39 Å². The first-order valence-electron chi connectivity index (χ1n) is 9.52. The minimum Gasteiger partial charge on any atom is -0.300 e. The summed E-state index contributed by atoms with van der Waals surface area (Å²) in [5.74, 6) is -1.17. The first-order valence-corrected chi connectivity index (χ1v) is 11.3. The maximum absolute atomic E-state index is 13.7. The summed E-state index contributed by atoms with van der Waals surface area (Å²) in [5, 5.41) is 10.9. The molecule has 0 saturated carbocycles. The highest BCUT2D eigenvalue weighted by atomic mass is 32.2. The zero-order chi connectivity index (χ0) is 21.1. The standard InChI is InChI=1S/C20H19FN4O3S2/c21-15-8-4-1-5-12(15)11-29-20-24-23-19(30-20)22-16(26)9-10-25-17(27)13-6-2-3-7-14(13)18(25)28/h1-5,8,13-14H,6-7,9-11H2,(H,22,23,26)/t13-,14-/m0/s1. The number of imide groups is 1. The average Bonchev–Trinajstić information content (AvgIpc) is 3.29. The van der Waals surface area contributed by atoms with E-state index in [9.17, 15) is 18.8 Å². The van der Waals surface area contributed by atoms with Crippen LogP contribution in [0.3, 0.4) is 0 Å². The van der Waals surface area contributed by atoms with Gasteiger partial charge < -0.3 is 5.32 Å². The summed E-state index contributed by atoms with van der Waals surface area (Å²) in [6.45, 7) is 0.0597. The third-order valence-corrected chi connectivity index (χ3v) is 7.14. The maximum atomic E-state index is 13.7. The molecule has 2 atom stereocenters. The molecule has 4 rings (SSSR count). The summed E-state index contributed by atoms with van der Waals surface area (Å²) in [4.78, 5) is 38.3. The largest absolute Gasteiger partial charge is 0.300 e. The highest BCUT2D eigenvalue weighted by molar-refractivity contribution is 8.00. The number of nitrogens with zero attached hydrogens (tertiary/aromatic N) is 3. The lowest BCUT2D eigenvalue weighted by Gasteiger charge is -2.14. The number of likely N-dealkylation sites (tertiary alicyclic amines) is 1. The predicted octanol–water partition coefficient (Wildman–Crippen LogP) is 3.25. The van der Waals surface area contributed by atoms with Crippen LogP contribution in [-0.4, -0.2) is 39.4 Å². The zero-order valence-electron chi connectivity index (χ0n) is 15.9. The van der Waals surface area contributed by atoms with Gasteiger partial charge in [-0.1, -0.05) is 53.4 Å². The smallest absolute Gasteiger partial charge is 0.233 e. The Balaban J connectivity index is 1.26. The lowest BCUT2D eigenvalue weighted by Crippen LogP contribution is -2.34. The lowest BCUT2D eigenvalue weighted by atomic mass is 9.85. The Kier molecular flexibility index (Phi) is 6.24. The molecule has 10 heteroatoms. The van der Waals surface area contributed by atoms with Crippen molar-refractivity contribution in [2.75, 3.05) is 11.9 Å². The minimum atomic E-state index is -0.342. The highest BCUT2D eigenvalue weighted by Gasteiger charge is 2.46. The summed E-state index contributed by atoms with van der Waals surface area (Å²) in [6.07, 6.45) is 5.02. The number of thioether (sulfide) groups is 1. The number of carbonyl (C=O) groups is 3. The number of nitrogens with one attached hydrogen (secondary N) is 1. The van der Waals surface area contributed by atoms with Crippen molar-refractivity contribution < 1.29 is 18.8 Å². The number of aromatic nitrogens is 2. The molecule has 2 aromatic rings. The number of amides is 3. The van der Waals surface area contributed by atoms with Crippen molar-refractivity contribution in [1.29, 1.82) is 0 Å². The van der Waals surface area contributed by atoms with E-state index >= 15 is 0 Å². The molecule has 2 heterocycles. The number of hydrogen-bond donors (Lipinski definition) is 1. The lowest BCUT2D eigenvalue weighted by molar-refractivity contribution is -0.140. The number of hydrogen-bond acceptors (Lipinski definition) is 7. The van der Waals surface area contributed by atoms with Crippen molar-refractivity contribution in [3.63, 3.8) is 0 Å². The Morgan fingerprint density at radius 1 is 1.17 bits per heavy atom. The van der Waals surface area contributed by atoms with Gasteiger partial charge in [0.1, 0.15) is 5.82 Å². The Labute approximate surface area is 180 Å². The molecule has 0 unspecified atom stereocenters. The van der Waals surface area contributed by atoms with E-state index in [1.165, 1.54) is 34.1 Å². The fraction of sp³-hybridized carbons (Fsp3) is 0.350. The molecular formula is C20H19FN4O3S2. The Hall–Kier alpha value is -2.59. The van der Waals surface area contributed by atoms with E-state index < -0.39 is 0 Å². The van der Waals surface area contributed by atoms with E-state index in [0.717, 1.165) is 0 Å². The third-order valence-electron chi connectivity index (χ3n) is 5.12. The molecule has 1 fully saturated rings. The Bertz CT molecular complexity index is 983. The number of rotatable bonds is 7. The molecule has 1 aliphatic carbocycles. The maximum Gasteiger partial charge on any atom is 0.233 e. The fourth-order valence-electron chi connectivity index (χ4n) is 3.56. The minimum absolute atomic E-state index is 0.00162. The number of allylic oxidation sites excluding steroid dienone is 2. The van der Waals surface area contributed by atoms with Crippen LogP contribution in [0.4, 0.5) is 9.52 Å². The molecule has 156 valence electrons. The highest BCUT2D eigenvalue weighted by Crippen LogP contribution is 2.35. The van der Waals surface area contributed by atoms with E-state index in [2.05, 4.69) is 15.5 Å². The number of benzene rings is 1. The first-order chi connectivity index (χ1) is 14.5. The van der Waals surface area contributed by atoms with Gasteiger partial charge in [-0.3, -0.25) is 19.3 Å². The molecular weight excluding hydrogens is 427 g/mol. The first kappa shape index (κ1) is 20.7. The molecule has 0 radical (unpaired) electrons. The quantitative estimate of drug-likeness (QED) is 0.304. The summed E-state index contributed by atoms with van der Waals surface area (Å²) >= 11 is 2.52. The SMILES string of the molecule is O=C(CCN1C(=O)[C@H]2CC=CC[C@@H]2C1=O)Nc1nnc(SCc2ccccc2F)s1. The average molecular weight is 447 g/mol. The Morgan fingerprint density at radius 3 is 2.57 bits per heavy atom. The van der Waals surface area contributed by atoms with Crippen LogP contribution >= 0.6 is 23.1 Å². The van der Waals surface area contributed by atoms with Crippen LogP contribution in [0.2, 0.25) is 0 Å². The van der Waals surface area contributed by atoms with Crippen LogP contribution in [0, 0.1) is 17.7 Å². The van der Waals surface area contributed by atoms with Crippen molar-refractivity contribution in [2.45, 2.75) is 29.4 Å². The molecule has 3 amide bonds. The Morgan fingerprint density at radius 2 is 1.87 bits per heavy atom. The van der Waals surface area contributed by atoms with Gasteiger partial charge in [-0.2, -0.15) is 0 Å². The van der Waals surface area contributed by atoms with Crippen LogP contribution < -0.4 is 5.32 Å². The molecule has 0 spiro atoms. The van der Waals surface area contributed by atoms with E-state index in [1.54, 1.807) is 18.2 Å². The van der Waals surface area contributed by atoms with E-state index in [0.29, 0.717) is 33.6 Å². The van der Waals surface area contributed by atoms with Crippen LogP contribution in [0.1, 0.15) is 24.8 Å². The molecule has 2 aliphatic rings. The van der Waals surface area contributed by atoms with Gasteiger partial charge in [0.05, 0.1) is 11.8 Å².